The van der Waals surface area contributed by atoms with Gasteiger partial charge in [-0.25, -0.2) is 0 Å². The number of benzene rings is 1. The summed E-state index contributed by atoms with van der Waals surface area (Å²) in [6, 6.07) is 6.03. The van der Waals surface area contributed by atoms with E-state index in [9.17, 15) is 9.59 Å². The van der Waals surface area contributed by atoms with Gasteiger partial charge in [0.1, 0.15) is 11.9 Å². The Bertz CT molecular complexity index is 1420. The van der Waals surface area contributed by atoms with Gasteiger partial charge in [-0.05, 0) is 38.1 Å². The van der Waals surface area contributed by atoms with Gasteiger partial charge in [-0.15, -0.1) is 0 Å². The number of nitrogens with zero attached hydrogens (tertiary/aromatic N) is 5. The van der Waals surface area contributed by atoms with Gasteiger partial charge in [-0.3, -0.25) is 24.8 Å². The van der Waals surface area contributed by atoms with Crippen LogP contribution in [0.4, 0.5) is 5.69 Å². The molecule has 2 saturated heterocycles. The van der Waals surface area contributed by atoms with E-state index in [2.05, 4.69) is 61.8 Å². The molecule has 228 valence electrons. The number of amides is 2. The molecule has 11 heteroatoms. The number of methoxy groups -OCH3 is 1. The Kier molecular flexibility index (Phi) is 7.48. The van der Waals surface area contributed by atoms with Crippen LogP contribution in [0.15, 0.2) is 57.9 Å². The topological polar surface area (TPSA) is 105 Å². The van der Waals surface area contributed by atoms with E-state index in [-0.39, 0.29) is 29.9 Å². The molecular weight excluding hydrogens is 544 g/mol. The predicted molar refractivity (Wildman–Crippen MR) is 166 cm³/mol. The van der Waals surface area contributed by atoms with E-state index in [0.717, 1.165) is 80.3 Å². The van der Waals surface area contributed by atoms with Crippen molar-refractivity contribution in [3.63, 3.8) is 0 Å². The van der Waals surface area contributed by atoms with Crippen molar-refractivity contribution in [1.29, 1.82) is 0 Å². The summed E-state index contributed by atoms with van der Waals surface area (Å²) in [7, 11) is 3.82. The molecule has 0 radical (unpaired) electrons. The Morgan fingerprint density at radius 2 is 1.91 bits per heavy atom. The van der Waals surface area contributed by atoms with E-state index in [1.54, 1.807) is 7.11 Å². The molecule has 0 saturated carbocycles. The Labute approximate surface area is 253 Å². The number of likely N-dealkylation sites (tertiary alicyclic amines) is 1. The zero-order valence-electron chi connectivity index (χ0n) is 25.3. The summed E-state index contributed by atoms with van der Waals surface area (Å²) in [5, 5.41) is 10.2. The van der Waals surface area contributed by atoms with Crippen LogP contribution < -0.4 is 20.7 Å². The summed E-state index contributed by atoms with van der Waals surface area (Å²) in [6.45, 7) is 9.19. The van der Waals surface area contributed by atoms with Crippen LogP contribution in [0.2, 0.25) is 0 Å². The van der Waals surface area contributed by atoms with Gasteiger partial charge in [-0.2, -0.15) is 0 Å². The van der Waals surface area contributed by atoms with Crippen LogP contribution in [-0.4, -0.2) is 123 Å². The van der Waals surface area contributed by atoms with Crippen molar-refractivity contribution in [2.24, 2.45) is 10.9 Å². The molecule has 3 N–H and O–H groups in total. The fourth-order valence-corrected chi connectivity index (χ4v) is 7.39. The second-order valence-corrected chi connectivity index (χ2v) is 12.5. The van der Waals surface area contributed by atoms with Crippen LogP contribution >= 0.6 is 0 Å². The van der Waals surface area contributed by atoms with E-state index in [1.165, 1.54) is 0 Å². The third-order valence-electron chi connectivity index (χ3n) is 9.87. The van der Waals surface area contributed by atoms with Gasteiger partial charge in [-0.1, -0.05) is 19.1 Å². The van der Waals surface area contributed by atoms with Crippen molar-refractivity contribution in [3.8, 4) is 5.75 Å². The van der Waals surface area contributed by atoms with Crippen LogP contribution in [0.1, 0.15) is 30.1 Å². The number of piperazine rings is 1. The minimum Gasteiger partial charge on any atom is -0.495 e. The zero-order chi connectivity index (χ0) is 29.7. The number of rotatable bonds is 5. The number of hydrogen-bond donors (Lipinski definition) is 3. The van der Waals surface area contributed by atoms with E-state index in [4.69, 9.17) is 4.74 Å². The molecule has 3 atom stereocenters. The van der Waals surface area contributed by atoms with Crippen LogP contribution in [-0.2, 0) is 4.79 Å². The van der Waals surface area contributed by atoms with Gasteiger partial charge < -0.3 is 30.1 Å². The molecule has 5 aliphatic heterocycles. The smallest absolute Gasteiger partial charge is 0.253 e. The quantitative estimate of drug-likeness (QED) is 0.477. The largest absolute Gasteiger partial charge is 0.495 e. The fraction of sp³-hybridized carbons (Fsp3) is 0.531. The van der Waals surface area contributed by atoms with Gasteiger partial charge in [0.15, 0.2) is 0 Å². The molecule has 2 fully saturated rings. The molecule has 7 rings (SSSR count). The van der Waals surface area contributed by atoms with E-state index < -0.39 is 0 Å². The normalized spacial score (nSPS) is 28.1. The molecule has 1 aromatic carbocycles. The van der Waals surface area contributed by atoms with Gasteiger partial charge in [0.05, 0.1) is 37.7 Å². The zero-order valence-corrected chi connectivity index (χ0v) is 25.3. The summed E-state index contributed by atoms with van der Waals surface area (Å²) in [6.07, 6.45) is 7.99. The number of nitrogens with one attached hydrogen (secondary N) is 3. The van der Waals surface area contributed by atoms with Crippen LogP contribution in [0.5, 0.6) is 5.75 Å². The maximum atomic E-state index is 13.5. The third kappa shape index (κ3) is 5.13. The van der Waals surface area contributed by atoms with Crippen LogP contribution in [0.3, 0.4) is 0 Å². The fourth-order valence-electron chi connectivity index (χ4n) is 7.39. The Hall–Kier alpha value is -3.67. The maximum absolute atomic E-state index is 13.5. The lowest BCUT2D eigenvalue weighted by molar-refractivity contribution is -0.118. The Morgan fingerprint density at radius 3 is 2.67 bits per heavy atom. The van der Waals surface area contributed by atoms with E-state index >= 15 is 0 Å². The highest BCUT2D eigenvalue weighted by atomic mass is 16.5. The van der Waals surface area contributed by atoms with Crippen molar-refractivity contribution in [3.05, 3.63) is 58.5 Å². The van der Waals surface area contributed by atoms with Crippen molar-refractivity contribution >= 4 is 23.7 Å². The van der Waals surface area contributed by atoms with Crippen LogP contribution in [0.25, 0.3) is 0 Å². The minimum atomic E-state index is -0.217. The average molecular weight is 587 g/mol. The third-order valence-corrected chi connectivity index (χ3v) is 9.87. The summed E-state index contributed by atoms with van der Waals surface area (Å²) in [5.41, 5.74) is 5.19. The number of aliphatic imine (C=N–C) groups is 1. The molecule has 5 heterocycles. The molecule has 0 bridgehead atoms. The van der Waals surface area contributed by atoms with Crippen molar-refractivity contribution in [2.45, 2.75) is 38.0 Å². The van der Waals surface area contributed by atoms with E-state index in [1.807, 2.05) is 29.3 Å². The number of anilines is 1. The Balaban J connectivity index is 1.08. The van der Waals surface area contributed by atoms with Crippen LogP contribution in [0, 0.1) is 5.92 Å². The number of hydrogen-bond acceptors (Lipinski definition) is 9. The first-order chi connectivity index (χ1) is 20.9. The number of ether oxygens (including phenoxy) is 1. The molecule has 43 heavy (non-hydrogen) atoms. The molecule has 6 aliphatic rings. The highest BCUT2D eigenvalue weighted by Crippen LogP contribution is 2.42. The molecule has 11 nitrogen and oxygen atoms in total. The number of carbonyl (C=O) groups is 2. The number of fused-ring (bicyclic) bond motifs is 2. The van der Waals surface area contributed by atoms with Gasteiger partial charge >= 0.3 is 0 Å². The number of allylic oxidation sites excluding steroid dienone is 2. The summed E-state index contributed by atoms with van der Waals surface area (Å²) >= 11 is 0. The molecule has 3 unspecified atom stereocenters. The second-order valence-electron chi connectivity index (χ2n) is 12.5. The molecule has 0 aromatic heterocycles. The van der Waals surface area contributed by atoms with E-state index in [0.29, 0.717) is 30.6 Å². The first-order valence-electron chi connectivity index (χ1n) is 15.5. The van der Waals surface area contributed by atoms with Gasteiger partial charge in [0.25, 0.3) is 11.8 Å². The summed E-state index contributed by atoms with van der Waals surface area (Å²) in [5.74, 6) is 0.628. The van der Waals surface area contributed by atoms with Gasteiger partial charge in [0.2, 0.25) is 0 Å². The predicted octanol–water partition coefficient (Wildman–Crippen LogP) is 1.44. The second kappa shape index (κ2) is 11.4. The monoisotopic (exact) mass is 586 g/mol. The number of carbonyl (C=O) groups excluding carboxylic acids is 2. The number of likely N-dealkylation sites (N-methyl/N-ethyl adjacent to an activating group) is 1. The molecule has 2 amide bonds. The summed E-state index contributed by atoms with van der Waals surface area (Å²) < 4.78 is 5.80. The number of piperidine rings is 1. The Morgan fingerprint density at radius 1 is 1.12 bits per heavy atom. The molecular formula is C32H42N8O3. The first-order valence-corrected chi connectivity index (χ1v) is 15.5. The first kappa shape index (κ1) is 28.1. The van der Waals surface area contributed by atoms with Gasteiger partial charge in [0, 0.05) is 79.8 Å². The highest BCUT2D eigenvalue weighted by molar-refractivity contribution is 5.99. The molecule has 1 aromatic rings. The maximum Gasteiger partial charge on any atom is 0.253 e. The van der Waals surface area contributed by atoms with Crippen molar-refractivity contribution in [1.82, 2.24) is 30.2 Å². The summed E-state index contributed by atoms with van der Waals surface area (Å²) in [4.78, 5) is 40.5. The highest BCUT2D eigenvalue weighted by Gasteiger charge is 2.44. The molecule has 1 aliphatic carbocycles. The van der Waals surface area contributed by atoms with Crippen molar-refractivity contribution in [2.75, 3.05) is 72.0 Å². The average Bonchev–Trinajstić information content (AvgIpc) is 3.32. The van der Waals surface area contributed by atoms with Crippen molar-refractivity contribution < 1.29 is 14.3 Å². The minimum absolute atomic E-state index is 0.00384. The standard InChI is InChI=1S/C32H42N8O3/c1-20-4-6-23-26(18-40-29(23)28(20)31(41)36-25-17-33-19-34-30(25)40)35-24-7-5-21(16-27(24)43-3)32(42)39-10-8-22(9-11-39)38-14-12-37(2)13-15-38/h4-7,16-17,20,22,25,30,34-35H,8-15,18-19H2,1-3H3,(H,36,41). The SMILES string of the molecule is COc1cc(C(=O)N2CCC(N3CCN(C)CC3)CC2)ccc1NC1=C2C=CC(C)C3=C2N(C1)C1NCN=CC1NC3=O. The lowest BCUT2D eigenvalue weighted by Crippen LogP contribution is -2.59. The lowest BCUT2D eigenvalue weighted by Gasteiger charge is -2.42. The lowest BCUT2D eigenvalue weighted by atomic mass is 9.89. The molecule has 0 spiro atoms.